The molecule has 2 aromatic rings. The lowest BCUT2D eigenvalue weighted by Gasteiger charge is -2.16. The molecule has 0 aromatic heterocycles. The van der Waals surface area contributed by atoms with Gasteiger partial charge in [-0.3, -0.25) is 0 Å². The van der Waals surface area contributed by atoms with Gasteiger partial charge in [-0.1, -0.05) is 41.4 Å². The predicted octanol–water partition coefficient (Wildman–Crippen LogP) is 4.70. The largest absolute Gasteiger partial charge is 0.312 e. The van der Waals surface area contributed by atoms with Crippen molar-refractivity contribution in [3.63, 3.8) is 0 Å². The van der Waals surface area contributed by atoms with Crippen LogP contribution in [0.1, 0.15) is 17.2 Å². The molecule has 1 unspecified atom stereocenters. The lowest BCUT2D eigenvalue weighted by molar-refractivity contribution is 0.662. The summed E-state index contributed by atoms with van der Waals surface area (Å²) in [7, 11) is 1.99. The van der Waals surface area contributed by atoms with Crippen molar-refractivity contribution < 1.29 is 0 Å². The van der Waals surface area contributed by atoms with Gasteiger partial charge < -0.3 is 5.32 Å². The fourth-order valence-electron chi connectivity index (χ4n) is 1.95. The van der Waals surface area contributed by atoms with E-state index >= 15 is 0 Å². The van der Waals surface area contributed by atoms with Crippen molar-refractivity contribution in [2.75, 3.05) is 12.8 Å². The maximum Gasteiger partial charge on any atom is 0.0413 e. The average Bonchev–Trinajstić information content (AvgIpc) is 2.40. The molecule has 0 fully saturated rings. The van der Waals surface area contributed by atoms with Gasteiger partial charge in [0.05, 0.1) is 0 Å². The van der Waals surface area contributed by atoms with Crippen LogP contribution < -0.4 is 5.32 Å². The van der Waals surface area contributed by atoms with Crippen LogP contribution in [0.15, 0.2) is 53.4 Å². The standard InChI is InChI=1S/C16H18ClNS/c1-12-5-3-8-15(9-12)19-11-16(18-2)13-6-4-7-14(17)10-13/h3-10,16,18H,11H2,1-2H3. The number of hydrogen-bond donors (Lipinski definition) is 1. The molecular formula is C16H18ClNS. The van der Waals surface area contributed by atoms with E-state index in [1.807, 2.05) is 37.0 Å². The van der Waals surface area contributed by atoms with Gasteiger partial charge >= 0.3 is 0 Å². The third-order valence-corrected chi connectivity index (χ3v) is 4.33. The molecule has 0 spiro atoms. The van der Waals surface area contributed by atoms with E-state index in [1.165, 1.54) is 16.0 Å². The Hall–Kier alpha value is -0.960. The SMILES string of the molecule is CNC(CSc1cccc(C)c1)c1cccc(Cl)c1. The zero-order valence-corrected chi connectivity index (χ0v) is 12.8. The van der Waals surface area contributed by atoms with Crippen LogP contribution in [0.2, 0.25) is 5.02 Å². The van der Waals surface area contributed by atoms with Crippen molar-refractivity contribution in [3.05, 3.63) is 64.7 Å². The van der Waals surface area contributed by atoms with Crippen molar-refractivity contribution in [1.29, 1.82) is 0 Å². The first-order chi connectivity index (χ1) is 9.19. The summed E-state index contributed by atoms with van der Waals surface area (Å²) in [6.45, 7) is 2.12. The van der Waals surface area contributed by atoms with Gasteiger partial charge in [-0.05, 0) is 43.8 Å². The number of halogens is 1. The molecular weight excluding hydrogens is 274 g/mol. The Bertz CT molecular complexity index is 542. The lowest BCUT2D eigenvalue weighted by Crippen LogP contribution is -2.18. The molecule has 0 amide bonds. The van der Waals surface area contributed by atoms with Gasteiger partial charge in [-0.2, -0.15) is 0 Å². The molecule has 0 radical (unpaired) electrons. The first-order valence-corrected chi connectivity index (χ1v) is 7.67. The van der Waals surface area contributed by atoms with Crippen molar-refractivity contribution in [2.24, 2.45) is 0 Å². The summed E-state index contributed by atoms with van der Waals surface area (Å²) in [5, 5.41) is 4.14. The van der Waals surface area contributed by atoms with Gasteiger partial charge in [0.2, 0.25) is 0 Å². The van der Waals surface area contributed by atoms with Gasteiger partial charge in [-0.25, -0.2) is 0 Å². The van der Waals surface area contributed by atoms with E-state index in [1.54, 1.807) is 0 Å². The molecule has 1 N–H and O–H groups in total. The second kappa shape index (κ2) is 6.99. The Labute approximate surface area is 124 Å². The Kier molecular flexibility index (Phi) is 5.32. The highest BCUT2D eigenvalue weighted by Crippen LogP contribution is 2.26. The zero-order valence-electron chi connectivity index (χ0n) is 11.2. The number of rotatable bonds is 5. The van der Waals surface area contributed by atoms with Crippen LogP contribution in [0.5, 0.6) is 0 Å². The smallest absolute Gasteiger partial charge is 0.0413 e. The molecule has 0 aliphatic carbocycles. The average molecular weight is 292 g/mol. The monoisotopic (exact) mass is 291 g/mol. The van der Waals surface area contributed by atoms with Crippen LogP contribution in [-0.4, -0.2) is 12.8 Å². The van der Waals surface area contributed by atoms with Crippen LogP contribution in [0.3, 0.4) is 0 Å². The molecule has 0 aliphatic heterocycles. The fourth-order valence-corrected chi connectivity index (χ4v) is 3.32. The molecule has 0 bridgehead atoms. The summed E-state index contributed by atoms with van der Waals surface area (Å²) in [4.78, 5) is 1.31. The molecule has 0 saturated carbocycles. The van der Waals surface area contributed by atoms with Gasteiger partial charge in [0, 0.05) is 21.7 Å². The van der Waals surface area contributed by atoms with Crippen LogP contribution in [0.4, 0.5) is 0 Å². The Morgan fingerprint density at radius 3 is 2.63 bits per heavy atom. The summed E-state index contributed by atoms with van der Waals surface area (Å²) in [5.41, 5.74) is 2.53. The molecule has 2 rings (SSSR count). The van der Waals surface area contributed by atoms with E-state index in [0.717, 1.165) is 10.8 Å². The third-order valence-electron chi connectivity index (χ3n) is 3.01. The Morgan fingerprint density at radius 2 is 1.95 bits per heavy atom. The number of nitrogens with one attached hydrogen (secondary N) is 1. The number of benzene rings is 2. The maximum absolute atomic E-state index is 6.05. The van der Waals surface area contributed by atoms with E-state index in [4.69, 9.17) is 11.6 Å². The van der Waals surface area contributed by atoms with Crippen molar-refractivity contribution in [1.82, 2.24) is 5.32 Å². The molecule has 1 nitrogen and oxygen atoms in total. The quantitative estimate of drug-likeness (QED) is 0.801. The summed E-state index contributed by atoms with van der Waals surface area (Å²) in [6.07, 6.45) is 0. The predicted molar refractivity (Wildman–Crippen MR) is 85.2 cm³/mol. The highest BCUT2D eigenvalue weighted by molar-refractivity contribution is 7.99. The van der Waals surface area contributed by atoms with Crippen LogP contribution in [0.25, 0.3) is 0 Å². The third kappa shape index (κ3) is 4.27. The molecule has 0 heterocycles. The minimum absolute atomic E-state index is 0.309. The topological polar surface area (TPSA) is 12.0 Å². The Morgan fingerprint density at radius 1 is 1.16 bits per heavy atom. The molecule has 0 saturated heterocycles. The van der Waals surface area contributed by atoms with Gasteiger partial charge in [0.25, 0.3) is 0 Å². The van der Waals surface area contributed by atoms with E-state index in [9.17, 15) is 0 Å². The summed E-state index contributed by atoms with van der Waals surface area (Å²) in [5.74, 6) is 0.986. The van der Waals surface area contributed by atoms with E-state index in [0.29, 0.717) is 6.04 Å². The summed E-state index contributed by atoms with van der Waals surface area (Å²) < 4.78 is 0. The van der Waals surface area contributed by atoms with Crippen molar-refractivity contribution in [3.8, 4) is 0 Å². The normalized spacial score (nSPS) is 12.4. The van der Waals surface area contributed by atoms with Crippen molar-refractivity contribution in [2.45, 2.75) is 17.9 Å². The highest BCUT2D eigenvalue weighted by Gasteiger charge is 2.10. The van der Waals surface area contributed by atoms with Gasteiger partial charge in [0.15, 0.2) is 0 Å². The van der Waals surface area contributed by atoms with Crippen LogP contribution >= 0.6 is 23.4 Å². The van der Waals surface area contributed by atoms with Gasteiger partial charge in [-0.15, -0.1) is 11.8 Å². The minimum atomic E-state index is 0.309. The van der Waals surface area contributed by atoms with E-state index in [-0.39, 0.29) is 0 Å². The molecule has 2 aromatic carbocycles. The zero-order chi connectivity index (χ0) is 13.7. The summed E-state index contributed by atoms with van der Waals surface area (Å²) >= 11 is 7.91. The van der Waals surface area contributed by atoms with Crippen molar-refractivity contribution >= 4 is 23.4 Å². The first-order valence-electron chi connectivity index (χ1n) is 6.31. The second-order valence-corrected chi connectivity index (χ2v) is 6.05. The van der Waals surface area contributed by atoms with Gasteiger partial charge in [0.1, 0.15) is 0 Å². The Balaban J connectivity index is 2.04. The molecule has 100 valence electrons. The lowest BCUT2D eigenvalue weighted by atomic mass is 10.1. The fraction of sp³-hybridized carbons (Fsp3) is 0.250. The maximum atomic E-state index is 6.05. The second-order valence-electron chi connectivity index (χ2n) is 4.52. The number of aryl methyl sites for hydroxylation is 1. The van der Waals surface area contributed by atoms with E-state index in [2.05, 4.69) is 42.6 Å². The van der Waals surface area contributed by atoms with E-state index < -0.39 is 0 Å². The number of thioether (sulfide) groups is 1. The highest BCUT2D eigenvalue weighted by atomic mass is 35.5. The molecule has 19 heavy (non-hydrogen) atoms. The summed E-state index contributed by atoms with van der Waals surface area (Å²) in [6, 6.07) is 17.0. The molecule has 0 aliphatic rings. The minimum Gasteiger partial charge on any atom is -0.312 e. The number of hydrogen-bond acceptors (Lipinski definition) is 2. The van der Waals surface area contributed by atoms with Crippen LogP contribution in [-0.2, 0) is 0 Å². The van der Waals surface area contributed by atoms with Crippen LogP contribution in [0, 0.1) is 6.92 Å². The first kappa shape index (κ1) is 14.4. The molecule has 1 atom stereocenters. The molecule has 3 heteroatoms.